The Morgan fingerprint density at radius 3 is 2.42 bits per heavy atom. The van der Waals surface area contributed by atoms with Gasteiger partial charge < -0.3 is 10.5 Å². The number of ether oxygens (including phenoxy) is 1. The smallest absolute Gasteiger partial charge is 0.332 e. The molecule has 0 radical (unpaired) electrons. The molecule has 0 amide bonds. The summed E-state index contributed by atoms with van der Waals surface area (Å²) in [7, 11) is 0. The second-order valence-corrected chi connectivity index (χ2v) is 5.13. The van der Waals surface area contributed by atoms with Crippen LogP contribution in [0, 0.1) is 0 Å². The summed E-state index contributed by atoms with van der Waals surface area (Å²) in [5.74, 6) is 1.65. The molecule has 118 valence electrons. The Bertz CT molecular complexity index is 1050. The Morgan fingerprint density at radius 2 is 1.67 bits per heavy atom. The molecule has 4 aromatic rings. The predicted molar refractivity (Wildman–Crippen MR) is 90.4 cm³/mol. The van der Waals surface area contributed by atoms with E-state index in [-0.39, 0.29) is 11.5 Å². The molecule has 2 aromatic carbocycles. The number of H-pyrrole nitrogens is 1. The highest BCUT2D eigenvalue weighted by molar-refractivity contribution is 5.83. The number of hydrogen-bond donors (Lipinski definition) is 2. The molecule has 0 unspecified atom stereocenters. The first-order valence-corrected chi connectivity index (χ1v) is 7.27. The van der Waals surface area contributed by atoms with Gasteiger partial charge in [-0.3, -0.25) is 9.55 Å². The third kappa shape index (κ3) is 2.38. The molecule has 0 saturated carbocycles. The molecule has 0 aliphatic heterocycles. The fraction of sp³-hybridized carbons (Fsp3) is 0. The van der Waals surface area contributed by atoms with Gasteiger partial charge in [-0.05, 0) is 36.4 Å². The lowest BCUT2D eigenvalue weighted by atomic mass is 10.3. The zero-order chi connectivity index (χ0) is 16.5. The van der Waals surface area contributed by atoms with Crippen molar-refractivity contribution in [1.29, 1.82) is 0 Å². The number of nitrogen functional groups attached to an aromatic ring is 1. The summed E-state index contributed by atoms with van der Waals surface area (Å²) in [5.41, 5.74) is 7.06. The summed E-state index contributed by atoms with van der Waals surface area (Å²) in [6.07, 6.45) is 1.31. The maximum atomic E-state index is 12.2. The lowest BCUT2D eigenvalue weighted by Gasteiger charge is -2.08. The van der Waals surface area contributed by atoms with E-state index in [4.69, 9.17) is 10.5 Å². The number of nitrogens with one attached hydrogen (secondary N) is 1. The van der Waals surface area contributed by atoms with Crippen LogP contribution in [0.25, 0.3) is 16.9 Å². The number of anilines is 1. The standard InChI is InChI=1S/C17H13N5O2/c18-15-14-16(20-10-19-15)21-17(23)22(14)11-6-8-13(9-7-11)24-12-4-2-1-3-5-12/h1-10H,(H3,18,19,20,21,23). The van der Waals surface area contributed by atoms with E-state index in [1.165, 1.54) is 10.9 Å². The van der Waals surface area contributed by atoms with Gasteiger partial charge in [-0.15, -0.1) is 0 Å². The van der Waals surface area contributed by atoms with Gasteiger partial charge in [0.15, 0.2) is 11.5 Å². The number of aromatic amines is 1. The van der Waals surface area contributed by atoms with Crippen molar-refractivity contribution in [3.05, 3.63) is 71.4 Å². The average Bonchev–Trinajstić information content (AvgIpc) is 2.94. The van der Waals surface area contributed by atoms with Gasteiger partial charge >= 0.3 is 5.69 Å². The first-order valence-electron chi connectivity index (χ1n) is 7.27. The topological polar surface area (TPSA) is 98.8 Å². The van der Waals surface area contributed by atoms with Crippen molar-refractivity contribution >= 4 is 17.0 Å². The first kappa shape index (κ1) is 14.0. The maximum Gasteiger partial charge on any atom is 0.332 e. The molecule has 7 nitrogen and oxygen atoms in total. The Hall–Kier alpha value is -3.61. The summed E-state index contributed by atoms with van der Waals surface area (Å²) >= 11 is 0. The number of benzene rings is 2. The highest BCUT2D eigenvalue weighted by Crippen LogP contribution is 2.23. The molecular formula is C17H13N5O2. The Labute approximate surface area is 136 Å². The van der Waals surface area contributed by atoms with E-state index in [2.05, 4.69) is 15.0 Å². The molecule has 24 heavy (non-hydrogen) atoms. The summed E-state index contributed by atoms with van der Waals surface area (Å²) < 4.78 is 7.19. The summed E-state index contributed by atoms with van der Waals surface area (Å²) in [4.78, 5) is 22.9. The molecule has 4 rings (SSSR count). The third-order valence-electron chi connectivity index (χ3n) is 3.58. The Balaban J connectivity index is 1.74. The van der Waals surface area contributed by atoms with Crippen LogP contribution in [-0.2, 0) is 0 Å². The molecule has 0 aliphatic rings. The lowest BCUT2D eigenvalue weighted by molar-refractivity contribution is 0.482. The van der Waals surface area contributed by atoms with Gasteiger partial charge in [0.25, 0.3) is 0 Å². The molecule has 2 heterocycles. The van der Waals surface area contributed by atoms with Crippen molar-refractivity contribution in [2.45, 2.75) is 0 Å². The van der Waals surface area contributed by atoms with Gasteiger partial charge in [-0.1, -0.05) is 18.2 Å². The fourth-order valence-electron chi connectivity index (χ4n) is 2.50. The molecule has 0 bridgehead atoms. The number of fused-ring (bicyclic) bond motifs is 1. The molecule has 0 atom stereocenters. The van der Waals surface area contributed by atoms with E-state index in [1.54, 1.807) is 24.3 Å². The van der Waals surface area contributed by atoms with E-state index in [9.17, 15) is 4.79 Å². The highest BCUT2D eigenvalue weighted by Gasteiger charge is 2.13. The number of hydrogen-bond acceptors (Lipinski definition) is 5. The lowest BCUT2D eigenvalue weighted by Crippen LogP contribution is -2.15. The van der Waals surface area contributed by atoms with Crippen molar-refractivity contribution < 1.29 is 4.74 Å². The molecule has 0 saturated heterocycles. The van der Waals surface area contributed by atoms with Crippen LogP contribution in [0.5, 0.6) is 11.5 Å². The van der Waals surface area contributed by atoms with Gasteiger partial charge in [0.1, 0.15) is 23.3 Å². The second-order valence-electron chi connectivity index (χ2n) is 5.13. The first-order chi connectivity index (χ1) is 11.7. The molecule has 0 spiro atoms. The van der Waals surface area contributed by atoms with Crippen molar-refractivity contribution in [3.63, 3.8) is 0 Å². The molecule has 0 aliphatic carbocycles. The quantitative estimate of drug-likeness (QED) is 0.604. The number of rotatable bonds is 3. The normalized spacial score (nSPS) is 10.8. The Morgan fingerprint density at radius 1 is 0.958 bits per heavy atom. The van der Waals surface area contributed by atoms with Crippen LogP contribution < -0.4 is 16.2 Å². The molecule has 7 heteroatoms. The fourth-order valence-corrected chi connectivity index (χ4v) is 2.50. The number of para-hydroxylation sites is 1. The van der Waals surface area contributed by atoms with Gasteiger partial charge in [-0.25, -0.2) is 14.8 Å². The molecular weight excluding hydrogens is 306 g/mol. The predicted octanol–water partition coefficient (Wildman–Crippen LogP) is 2.48. The van der Waals surface area contributed by atoms with Gasteiger partial charge in [0.05, 0.1) is 5.69 Å². The summed E-state index contributed by atoms with van der Waals surface area (Å²) in [6, 6.07) is 16.6. The van der Waals surface area contributed by atoms with Crippen LogP contribution in [0.1, 0.15) is 0 Å². The van der Waals surface area contributed by atoms with E-state index in [1.807, 2.05) is 30.3 Å². The zero-order valence-corrected chi connectivity index (χ0v) is 12.5. The van der Waals surface area contributed by atoms with Crippen LogP contribution in [0.4, 0.5) is 5.82 Å². The van der Waals surface area contributed by atoms with Gasteiger partial charge in [0.2, 0.25) is 0 Å². The minimum atomic E-state index is -0.325. The van der Waals surface area contributed by atoms with E-state index in [0.717, 1.165) is 5.75 Å². The summed E-state index contributed by atoms with van der Waals surface area (Å²) in [6.45, 7) is 0. The van der Waals surface area contributed by atoms with Crippen LogP contribution in [-0.4, -0.2) is 19.5 Å². The number of nitrogens with zero attached hydrogens (tertiary/aromatic N) is 3. The van der Waals surface area contributed by atoms with Crippen LogP contribution in [0.2, 0.25) is 0 Å². The molecule has 2 aromatic heterocycles. The highest BCUT2D eigenvalue weighted by atomic mass is 16.5. The van der Waals surface area contributed by atoms with Gasteiger partial charge in [-0.2, -0.15) is 0 Å². The van der Waals surface area contributed by atoms with Crippen molar-refractivity contribution in [2.24, 2.45) is 0 Å². The SMILES string of the molecule is Nc1ncnc2[nH]c(=O)n(-c3ccc(Oc4ccccc4)cc3)c12. The van der Waals surface area contributed by atoms with Crippen molar-refractivity contribution in [2.75, 3.05) is 5.73 Å². The third-order valence-corrected chi connectivity index (χ3v) is 3.58. The zero-order valence-electron chi connectivity index (χ0n) is 12.5. The van der Waals surface area contributed by atoms with Gasteiger partial charge in [0, 0.05) is 0 Å². The van der Waals surface area contributed by atoms with Crippen molar-refractivity contribution in [1.82, 2.24) is 19.5 Å². The maximum absolute atomic E-state index is 12.2. The minimum Gasteiger partial charge on any atom is -0.457 e. The Kier molecular flexibility index (Phi) is 3.24. The number of aromatic nitrogens is 4. The molecule has 3 N–H and O–H groups in total. The number of nitrogens with two attached hydrogens (primary N) is 1. The average molecular weight is 319 g/mol. The monoisotopic (exact) mass is 319 g/mol. The van der Waals surface area contributed by atoms with E-state index in [0.29, 0.717) is 22.6 Å². The minimum absolute atomic E-state index is 0.239. The van der Waals surface area contributed by atoms with E-state index >= 15 is 0 Å². The van der Waals surface area contributed by atoms with Crippen LogP contribution in [0.3, 0.4) is 0 Å². The van der Waals surface area contributed by atoms with Crippen molar-refractivity contribution in [3.8, 4) is 17.2 Å². The number of imidazole rings is 1. The molecule has 0 fully saturated rings. The van der Waals surface area contributed by atoms with Crippen LogP contribution >= 0.6 is 0 Å². The second kappa shape index (κ2) is 5.54. The largest absolute Gasteiger partial charge is 0.457 e. The van der Waals surface area contributed by atoms with Crippen LogP contribution in [0.15, 0.2) is 65.7 Å². The van der Waals surface area contributed by atoms with E-state index < -0.39 is 0 Å². The summed E-state index contributed by atoms with van der Waals surface area (Å²) in [5, 5.41) is 0.